The molecular weight excluding hydrogens is 194 g/mol. The molecule has 5 nitrogen and oxygen atoms in total. The van der Waals surface area contributed by atoms with Gasteiger partial charge in [-0.3, -0.25) is 9.59 Å². The lowest BCUT2D eigenvalue weighted by Crippen LogP contribution is -2.49. The number of rotatable bonds is 3. The second-order valence-electron chi connectivity index (χ2n) is 4.02. The minimum absolute atomic E-state index is 0.0342. The van der Waals surface area contributed by atoms with E-state index in [2.05, 4.69) is 5.32 Å². The first kappa shape index (κ1) is 12.0. The molecule has 0 aromatic carbocycles. The number of hydrogen-bond donors (Lipinski definition) is 2. The van der Waals surface area contributed by atoms with Crippen LogP contribution in [0.5, 0.6) is 0 Å². The zero-order valence-corrected chi connectivity index (χ0v) is 9.32. The highest BCUT2D eigenvalue weighted by Gasteiger charge is 2.32. The molecule has 86 valence electrons. The second-order valence-corrected chi connectivity index (χ2v) is 4.02. The smallest absolute Gasteiger partial charge is 0.243 e. The van der Waals surface area contributed by atoms with E-state index in [1.807, 2.05) is 6.92 Å². The van der Waals surface area contributed by atoms with Crippen molar-refractivity contribution in [2.75, 3.05) is 13.1 Å². The van der Waals surface area contributed by atoms with Crippen LogP contribution in [0.4, 0.5) is 0 Å². The Morgan fingerprint density at radius 1 is 1.60 bits per heavy atom. The van der Waals surface area contributed by atoms with Gasteiger partial charge >= 0.3 is 0 Å². The zero-order valence-electron chi connectivity index (χ0n) is 9.32. The summed E-state index contributed by atoms with van der Waals surface area (Å²) in [5, 5.41) is 2.80. The number of nitrogens with zero attached hydrogens (tertiary/aromatic N) is 1. The molecule has 1 unspecified atom stereocenters. The van der Waals surface area contributed by atoms with Gasteiger partial charge in [-0.05, 0) is 19.8 Å². The van der Waals surface area contributed by atoms with Crippen molar-refractivity contribution >= 4 is 11.8 Å². The number of nitrogens with one attached hydrogen (secondary N) is 1. The summed E-state index contributed by atoms with van der Waals surface area (Å²) in [6.07, 6.45) is 1.65. The Morgan fingerprint density at radius 2 is 2.27 bits per heavy atom. The third kappa shape index (κ3) is 2.92. The first-order valence-corrected chi connectivity index (χ1v) is 5.34. The fourth-order valence-electron chi connectivity index (χ4n) is 1.81. The number of amides is 2. The molecule has 1 aliphatic heterocycles. The van der Waals surface area contributed by atoms with E-state index in [1.54, 1.807) is 4.90 Å². The summed E-state index contributed by atoms with van der Waals surface area (Å²) in [5.41, 5.74) is 5.42. The molecular formula is C10H19N3O2. The molecule has 1 fully saturated rings. The predicted molar refractivity (Wildman–Crippen MR) is 57.1 cm³/mol. The second kappa shape index (κ2) is 5.11. The first-order valence-electron chi connectivity index (χ1n) is 5.34. The van der Waals surface area contributed by atoms with Crippen LogP contribution in [0.1, 0.15) is 26.7 Å². The Labute approximate surface area is 90.0 Å². The Morgan fingerprint density at radius 3 is 2.80 bits per heavy atom. The average molecular weight is 213 g/mol. The molecule has 1 saturated heterocycles. The van der Waals surface area contributed by atoms with Crippen LogP contribution in [0.15, 0.2) is 0 Å². The van der Waals surface area contributed by atoms with Gasteiger partial charge in [0.05, 0.1) is 0 Å². The fraction of sp³-hybridized carbons (Fsp3) is 0.800. The van der Waals surface area contributed by atoms with Crippen molar-refractivity contribution in [1.82, 2.24) is 10.2 Å². The van der Waals surface area contributed by atoms with Crippen molar-refractivity contribution in [3.63, 3.8) is 0 Å². The maximum Gasteiger partial charge on any atom is 0.243 e. The summed E-state index contributed by atoms with van der Waals surface area (Å²) < 4.78 is 0. The monoisotopic (exact) mass is 213 g/mol. The molecule has 15 heavy (non-hydrogen) atoms. The van der Waals surface area contributed by atoms with E-state index in [9.17, 15) is 9.59 Å². The molecule has 3 N–H and O–H groups in total. The molecule has 0 aliphatic carbocycles. The molecule has 5 heteroatoms. The normalized spacial score (nSPS) is 22.6. The van der Waals surface area contributed by atoms with Crippen LogP contribution in [0.3, 0.4) is 0 Å². The highest BCUT2D eigenvalue weighted by atomic mass is 16.2. The van der Waals surface area contributed by atoms with Crippen molar-refractivity contribution < 1.29 is 9.59 Å². The van der Waals surface area contributed by atoms with E-state index < -0.39 is 0 Å². The van der Waals surface area contributed by atoms with Crippen molar-refractivity contribution in [1.29, 1.82) is 0 Å². The molecule has 2 atom stereocenters. The number of hydrogen-bond acceptors (Lipinski definition) is 3. The predicted octanol–water partition coefficient (Wildman–Crippen LogP) is -0.539. The quantitative estimate of drug-likeness (QED) is 0.661. The van der Waals surface area contributed by atoms with Gasteiger partial charge in [0.15, 0.2) is 0 Å². The number of carbonyl (C=O) groups is 2. The van der Waals surface area contributed by atoms with E-state index in [0.29, 0.717) is 13.1 Å². The highest BCUT2D eigenvalue weighted by Crippen LogP contribution is 2.17. The number of likely N-dealkylation sites (tertiary alicyclic amines) is 1. The third-order valence-corrected chi connectivity index (χ3v) is 2.70. The Bertz CT molecular complexity index is 255. The summed E-state index contributed by atoms with van der Waals surface area (Å²) in [4.78, 5) is 24.6. The fourth-order valence-corrected chi connectivity index (χ4v) is 1.81. The third-order valence-electron chi connectivity index (χ3n) is 2.70. The molecule has 1 aliphatic rings. The minimum atomic E-state index is -0.295. The van der Waals surface area contributed by atoms with Crippen LogP contribution in [0, 0.1) is 0 Å². The average Bonchev–Trinajstić information content (AvgIpc) is 2.65. The summed E-state index contributed by atoms with van der Waals surface area (Å²) in [6.45, 7) is 4.45. The van der Waals surface area contributed by atoms with Crippen LogP contribution in [0.25, 0.3) is 0 Å². The van der Waals surface area contributed by atoms with Crippen LogP contribution < -0.4 is 11.1 Å². The molecule has 0 saturated carbocycles. The molecule has 0 aromatic rings. The van der Waals surface area contributed by atoms with E-state index in [4.69, 9.17) is 5.73 Å². The Balaban J connectivity index is 2.55. The Kier molecular flexibility index (Phi) is 4.08. The minimum Gasteiger partial charge on any atom is -0.351 e. The molecule has 0 spiro atoms. The standard InChI is InChI=1S/C10H19N3O2/c1-7(6-11)12-10(15)9-4-3-5-13(9)8(2)14/h7,9H,3-6,11H2,1-2H3,(H,12,15)/t7-,9?/m0/s1. The summed E-state index contributed by atoms with van der Waals surface area (Å²) in [5.74, 6) is -0.117. The van der Waals surface area contributed by atoms with Gasteiger partial charge in [-0.1, -0.05) is 0 Å². The van der Waals surface area contributed by atoms with Crippen molar-refractivity contribution in [2.45, 2.75) is 38.8 Å². The largest absolute Gasteiger partial charge is 0.351 e. The SMILES string of the molecule is CC(=O)N1CCCC1C(=O)N[C@@H](C)CN. The first-order chi connectivity index (χ1) is 7.06. The number of carbonyl (C=O) groups excluding carboxylic acids is 2. The van der Waals surface area contributed by atoms with E-state index >= 15 is 0 Å². The Hall–Kier alpha value is -1.10. The van der Waals surface area contributed by atoms with Crippen molar-refractivity contribution in [3.8, 4) is 0 Å². The molecule has 2 amide bonds. The topological polar surface area (TPSA) is 75.4 Å². The summed E-state index contributed by atoms with van der Waals surface area (Å²) >= 11 is 0. The maximum atomic E-state index is 11.8. The molecule has 0 bridgehead atoms. The molecule has 0 aromatic heterocycles. The van der Waals surface area contributed by atoms with Crippen molar-refractivity contribution in [2.24, 2.45) is 5.73 Å². The van der Waals surface area contributed by atoms with Gasteiger partial charge in [0.2, 0.25) is 11.8 Å². The number of nitrogens with two attached hydrogens (primary N) is 1. The van der Waals surface area contributed by atoms with Gasteiger partial charge in [-0.15, -0.1) is 0 Å². The molecule has 0 radical (unpaired) electrons. The van der Waals surface area contributed by atoms with Gasteiger partial charge < -0.3 is 16.0 Å². The van der Waals surface area contributed by atoms with Gasteiger partial charge in [0, 0.05) is 26.1 Å². The van der Waals surface area contributed by atoms with Gasteiger partial charge in [0.25, 0.3) is 0 Å². The zero-order chi connectivity index (χ0) is 11.4. The van der Waals surface area contributed by atoms with E-state index in [-0.39, 0.29) is 23.9 Å². The lowest BCUT2D eigenvalue weighted by molar-refractivity contribution is -0.137. The van der Waals surface area contributed by atoms with Gasteiger partial charge in [-0.2, -0.15) is 0 Å². The lowest BCUT2D eigenvalue weighted by atomic mass is 10.2. The summed E-state index contributed by atoms with van der Waals surface area (Å²) in [7, 11) is 0. The lowest BCUT2D eigenvalue weighted by Gasteiger charge is -2.23. The van der Waals surface area contributed by atoms with E-state index in [0.717, 1.165) is 12.8 Å². The highest BCUT2D eigenvalue weighted by molar-refractivity contribution is 5.87. The maximum absolute atomic E-state index is 11.8. The van der Waals surface area contributed by atoms with Crippen molar-refractivity contribution in [3.05, 3.63) is 0 Å². The van der Waals surface area contributed by atoms with Crippen LogP contribution >= 0.6 is 0 Å². The molecule has 1 heterocycles. The van der Waals surface area contributed by atoms with Gasteiger partial charge in [-0.25, -0.2) is 0 Å². The van der Waals surface area contributed by atoms with Crippen LogP contribution in [0.2, 0.25) is 0 Å². The van der Waals surface area contributed by atoms with Gasteiger partial charge in [0.1, 0.15) is 6.04 Å². The van der Waals surface area contributed by atoms with E-state index in [1.165, 1.54) is 6.92 Å². The van der Waals surface area contributed by atoms with Crippen LogP contribution in [-0.4, -0.2) is 41.9 Å². The summed E-state index contributed by atoms with van der Waals surface area (Å²) in [6, 6.07) is -0.330. The molecule has 1 rings (SSSR count). The van der Waals surface area contributed by atoms with Crippen LogP contribution in [-0.2, 0) is 9.59 Å².